The molecule has 1 aliphatic heterocycles. The van der Waals surface area contributed by atoms with Gasteiger partial charge in [0, 0.05) is 30.9 Å². The van der Waals surface area contributed by atoms with E-state index in [0.717, 1.165) is 34.8 Å². The van der Waals surface area contributed by atoms with Gasteiger partial charge < -0.3 is 15.0 Å². The van der Waals surface area contributed by atoms with Crippen molar-refractivity contribution in [2.24, 2.45) is 0 Å². The number of anilines is 2. The fourth-order valence-electron chi connectivity index (χ4n) is 3.64. The van der Waals surface area contributed by atoms with Crippen LogP contribution in [0.25, 0.3) is 0 Å². The largest absolute Gasteiger partial charge is 0.494 e. The zero-order valence-electron chi connectivity index (χ0n) is 15.3. The summed E-state index contributed by atoms with van der Waals surface area (Å²) in [7, 11) is 0. The number of nitrogens with zero attached hydrogens (tertiary/aromatic N) is 2. The Morgan fingerprint density at radius 2 is 1.96 bits per heavy atom. The van der Waals surface area contributed by atoms with Gasteiger partial charge in [-0.15, -0.1) is 0 Å². The molecule has 0 saturated carbocycles. The number of nitrogens with one attached hydrogen (secondary N) is 1. The maximum atomic E-state index is 11.2. The number of hydrogen-bond donors (Lipinski definition) is 1. The van der Waals surface area contributed by atoms with Crippen LogP contribution in [0.4, 0.5) is 11.4 Å². The Morgan fingerprint density at radius 1 is 1.23 bits per heavy atom. The molecule has 0 saturated heterocycles. The third kappa shape index (κ3) is 3.23. The molecule has 2 aromatic rings. The van der Waals surface area contributed by atoms with E-state index in [0.29, 0.717) is 6.61 Å². The van der Waals surface area contributed by atoms with Gasteiger partial charge in [0.1, 0.15) is 5.75 Å². The number of likely N-dealkylation sites (N-methyl/N-ethyl adjacent to an activating group) is 1. The van der Waals surface area contributed by atoms with Gasteiger partial charge in [-0.05, 0) is 43.2 Å². The van der Waals surface area contributed by atoms with Crippen molar-refractivity contribution < 1.29 is 9.53 Å². The van der Waals surface area contributed by atoms with Gasteiger partial charge in [-0.1, -0.05) is 18.2 Å². The van der Waals surface area contributed by atoms with Crippen LogP contribution < -0.4 is 15.0 Å². The van der Waals surface area contributed by atoms with Gasteiger partial charge in [-0.25, -0.2) is 0 Å². The summed E-state index contributed by atoms with van der Waals surface area (Å²) in [5.41, 5.74) is 3.91. The Bertz CT molecular complexity index is 839. The van der Waals surface area contributed by atoms with E-state index in [-0.39, 0.29) is 17.9 Å². The lowest BCUT2D eigenvalue weighted by Gasteiger charge is -2.28. The third-order valence-electron chi connectivity index (χ3n) is 4.66. The van der Waals surface area contributed by atoms with E-state index in [1.165, 1.54) is 6.92 Å². The third-order valence-corrected chi connectivity index (χ3v) is 4.66. The lowest BCUT2D eigenvalue weighted by molar-refractivity contribution is -0.114. The second-order valence-electron chi connectivity index (χ2n) is 6.29. The van der Waals surface area contributed by atoms with E-state index >= 15 is 0 Å². The van der Waals surface area contributed by atoms with Crippen molar-refractivity contribution in [3.63, 3.8) is 0 Å². The summed E-state index contributed by atoms with van der Waals surface area (Å²) in [4.78, 5) is 13.5. The van der Waals surface area contributed by atoms with Crippen LogP contribution in [0.15, 0.2) is 42.5 Å². The zero-order chi connectivity index (χ0) is 18.7. The number of carbonyl (C=O) groups excluding carboxylic acids is 1. The summed E-state index contributed by atoms with van der Waals surface area (Å²) in [6.45, 7) is 6.94. The molecule has 0 bridgehead atoms. The monoisotopic (exact) mass is 349 g/mol. The van der Waals surface area contributed by atoms with Crippen LogP contribution in [0.3, 0.4) is 0 Å². The number of fused-ring (bicyclic) bond motifs is 1. The van der Waals surface area contributed by atoms with Crippen LogP contribution >= 0.6 is 0 Å². The van der Waals surface area contributed by atoms with Gasteiger partial charge in [0.15, 0.2) is 0 Å². The molecule has 5 heteroatoms. The van der Waals surface area contributed by atoms with Crippen molar-refractivity contribution in [1.29, 1.82) is 5.26 Å². The predicted molar refractivity (Wildman–Crippen MR) is 102 cm³/mol. The number of nitriles is 1. The topological polar surface area (TPSA) is 65.4 Å². The number of amides is 1. The van der Waals surface area contributed by atoms with Crippen molar-refractivity contribution in [2.45, 2.75) is 32.7 Å². The Morgan fingerprint density at radius 3 is 2.54 bits per heavy atom. The number of carbonyl (C=O) groups is 1. The fourth-order valence-corrected chi connectivity index (χ4v) is 3.64. The van der Waals surface area contributed by atoms with Crippen molar-refractivity contribution in [2.75, 3.05) is 23.4 Å². The second-order valence-corrected chi connectivity index (χ2v) is 6.29. The molecule has 2 atom stereocenters. The summed E-state index contributed by atoms with van der Waals surface area (Å²) in [6.07, 6.45) is 0. The lowest BCUT2D eigenvalue weighted by Crippen LogP contribution is -2.26. The Hall–Kier alpha value is -3.00. The molecule has 5 nitrogen and oxygen atoms in total. The predicted octanol–water partition coefficient (Wildman–Crippen LogP) is 4.23. The van der Waals surface area contributed by atoms with Crippen molar-refractivity contribution in [3.8, 4) is 11.8 Å². The summed E-state index contributed by atoms with van der Waals surface area (Å²) in [5, 5.41) is 12.6. The lowest BCUT2D eigenvalue weighted by atomic mass is 9.91. The maximum absolute atomic E-state index is 11.2. The number of rotatable bonds is 5. The number of hydrogen-bond acceptors (Lipinski definition) is 4. The molecule has 2 unspecified atom stereocenters. The summed E-state index contributed by atoms with van der Waals surface area (Å²) < 4.78 is 5.64. The van der Waals surface area contributed by atoms with E-state index in [9.17, 15) is 10.1 Å². The minimum Gasteiger partial charge on any atom is -0.494 e. The van der Waals surface area contributed by atoms with Crippen LogP contribution in [-0.2, 0) is 4.79 Å². The van der Waals surface area contributed by atoms with Crippen LogP contribution in [0.5, 0.6) is 5.75 Å². The minimum atomic E-state index is -0.243. The second kappa shape index (κ2) is 7.49. The van der Waals surface area contributed by atoms with Crippen molar-refractivity contribution in [3.05, 3.63) is 53.6 Å². The standard InChI is InChI=1S/C21H23N3O2/c1-4-24-20-12-17(26-5-2)10-11-18(20)19(13-22)21(24)15-6-8-16(9-7-15)23-14(3)25/h6-12,19,21H,4-5H2,1-3H3,(H,23,25). The van der Waals surface area contributed by atoms with Gasteiger partial charge in [-0.3, -0.25) is 4.79 Å². The van der Waals surface area contributed by atoms with E-state index < -0.39 is 0 Å². The van der Waals surface area contributed by atoms with Crippen molar-refractivity contribution in [1.82, 2.24) is 0 Å². The van der Waals surface area contributed by atoms with Crippen LogP contribution in [0, 0.1) is 11.3 Å². The molecule has 0 radical (unpaired) electrons. The molecule has 0 fully saturated rings. The van der Waals surface area contributed by atoms with Gasteiger partial charge in [0.25, 0.3) is 0 Å². The average Bonchev–Trinajstić information content (AvgIpc) is 2.95. The molecule has 1 aliphatic rings. The van der Waals surface area contributed by atoms with Crippen LogP contribution in [-0.4, -0.2) is 19.1 Å². The molecule has 0 spiro atoms. The number of ether oxygens (including phenoxy) is 1. The van der Waals surface area contributed by atoms with Gasteiger partial charge >= 0.3 is 0 Å². The molecular formula is C21H23N3O2. The fraction of sp³-hybridized carbons (Fsp3) is 0.333. The Balaban J connectivity index is 1.98. The van der Waals surface area contributed by atoms with Gasteiger partial charge in [0.2, 0.25) is 5.91 Å². The van der Waals surface area contributed by atoms with Crippen LogP contribution in [0.1, 0.15) is 43.9 Å². The summed E-state index contributed by atoms with van der Waals surface area (Å²) in [5.74, 6) is 0.481. The molecule has 2 aromatic carbocycles. The highest BCUT2D eigenvalue weighted by atomic mass is 16.5. The highest BCUT2D eigenvalue weighted by Gasteiger charge is 2.39. The zero-order valence-corrected chi connectivity index (χ0v) is 15.3. The molecule has 0 aliphatic carbocycles. The maximum Gasteiger partial charge on any atom is 0.221 e. The SMILES string of the molecule is CCOc1ccc2c(c1)N(CC)C(c1ccc(NC(C)=O)cc1)C2C#N. The first-order chi connectivity index (χ1) is 12.6. The van der Waals surface area contributed by atoms with E-state index in [1.54, 1.807) is 0 Å². The van der Waals surface area contributed by atoms with Crippen LogP contribution in [0.2, 0.25) is 0 Å². The first-order valence-corrected chi connectivity index (χ1v) is 8.89. The molecule has 3 rings (SSSR count). The minimum absolute atomic E-state index is 0.0525. The smallest absolute Gasteiger partial charge is 0.221 e. The van der Waals surface area contributed by atoms with Crippen molar-refractivity contribution >= 4 is 17.3 Å². The van der Waals surface area contributed by atoms with E-state index in [2.05, 4.69) is 23.2 Å². The molecule has 1 heterocycles. The molecule has 26 heavy (non-hydrogen) atoms. The van der Waals surface area contributed by atoms with E-state index in [1.807, 2.05) is 49.4 Å². The van der Waals surface area contributed by atoms with E-state index in [4.69, 9.17) is 4.74 Å². The summed E-state index contributed by atoms with van der Waals surface area (Å²) in [6, 6.07) is 16.1. The first kappa shape index (κ1) is 17.8. The molecular weight excluding hydrogens is 326 g/mol. The Kier molecular flexibility index (Phi) is 5.13. The summed E-state index contributed by atoms with van der Waals surface area (Å²) >= 11 is 0. The number of benzene rings is 2. The first-order valence-electron chi connectivity index (χ1n) is 8.89. The molecule has 1 amide bonds. The van der Waals surface area contributed by atoms with Gasteiger partial charge in [0.05, 0.1) is 24.6 Å². The molecule has 1 N–H and O–H groups in total. The average molecular weight is 349 g/mol. The highest BCUT2D eigenvalue weighted by molar-refractivity contribution is 5.88. The quantitative estimate of drug-likeness (QED) is 0.877. The molecule has 134 valence electrons. The highest BCUT2D eigenvalue weighted by Crippen LogP contribution is 2.49. The Labute approximate surface area is 154 Å². The molecule has 0 aromatic heterocycles. The normalized spacial score (nSPS) is 18.2. The van der Waals surface area contributed by atoms with Gasteiger partial charge in [-0.2, -0.15) is 5.26 Å².